The van der Waals surface area contributed by atoms with Crippen LogP contribution in [0.15, 0.2) is 5.03 Å². The molecular weight excluding hydrogens is 322 g/mol. The van der Waals surface area contributed by atoms with Crippen molar-refractivity contribution in [1.29, 1.82) is 0 Å². The van der Waals surface area contributed by atoms with E-state index in [4.69, 9.17) is 4.74 Å². The number of carbonyl (C=O) groups excluding carboxylic acids is 1. The molecule has 0 bridgehead atoms. The number of nitrogens with zero attached hydrogens (tertiary/aromatic N) is 3. The summed E-state index contributed by atoms with van der Waals surface area (Å²) in [5.74, 6) is 1.14. The molecule has 1 amide bonds. The van der Waals surface area contributed by atoms with Crippen LogP contribution in [0, 0.1) is 6.92 Å². The molecule has 1 saturated heterocycles. The zero-order valence-corrected chi connectivity index (χ0v) is 15.9. The quantitative estimate of drug-likeness (QED) is 0.618. The first-order chi connectivity index (χ1) is 11.5. The fourth-order valence-corrected chi connectivity index (χ4v) is 4.34. The summed E-state index contributed by atoms with van der Waals surface area (Å²) in [6, 6.07) is 0.207. The van der Waals surface area contributed by atoms with E-state index < -0.39 is 0 Å². The van der Waals surface area contributed by atoms with Crippen molar-refractivity contribution in [2.75, 3.05) is 19.4 Å². The number of ether oxygens (including phenoxy) is 1. The summed E-state index contributed by atoms with van der Waals surface area (Å²) in [7, 11) is 0. The van der Waals surface area contributed by atoms with Crippen molar-refractivity contribution in [3.63, 3.8) is 0 Å². The van der Waals surface area contributed by atoms with Crippen LogP contribution in [0.2, 0.25) is 0 Å². The van der Waals surface area contributed by atoms with Crippen molar-refractivity contribution in [3.8, 4) is 0 Å². The van der Waals surface area contributed by atoms with Crippen LogP contribution in [0.4, 0.5) is 0 Å². The molecule has 2 aliphatic rings. The van der Waals surface area contributed by atoms with E-state index in [1.807, 2.05) is 18.1 Å². The molecule has 1 aliphatic carbocycles. The standard InChI is InChI=1S/C18H27N3O2S/c1-11(2)16-19-12(3)15(17(20-16)24-4)18(22)21-9-10-23-14-8-6-5-7-13(14)21/h11,13-14H,5-10H2,1-4H3. The van der Waals surface area contributed by atoms with Gasteiger partial charge in [0.1, 0.15) is 10.9 Å². The summed E-state index contributed by atoms with van der Waals surface area (Å²) < 4.78 is 5.91. The maximum Gasteiger partial charge on any atom is 0.258 e. The molecule has 132 valence electrons. The van der Waals surface area contributed by atoms with Gasteiger partial charge in [-0.25, -0.2) is 9.97 Å². The molecule has 24 heavy (non-hydrogen) atoms. The number of amides is 1. The molecule has 1 aliphatic heterocycles. The third-order valence-electron chi connectivity index (χ3n) is 4.99. The normalized spacial score (nSPS) is 24.1. The van der Waals surface area contributed by atoms with Crippen LogP contribution >= 0.6 is 11.8 Å². The number of carbonyl (C=O) groups is 1. The minimum atomic E-state index is 0.0763. The molecule has 1 aromatic heterocycles. The van der Waals surface area contributed by atoms with E-state index in [0.29, 0.717) is 18.7 Å². The highest BCUT2D eigenvalue weighted by Gasteiger charge is 2.38. The second kappa shape index (κ2) is 7.40. The Morgan fingerprint density at radius 3 is 2.75 bits per heavy atom. The number of hydrogen-bond donors (Lipinski definition) is 0. The Morgan fingerprint density at radius 1 is 1.29 bits per heavy atom. The highest BCUT2D eigenvalue weighted by Crippen LogP contribution is 2.31. The van der Waals surface area contributed by atoms with Crippen molar-refractivity contribution < 1.29 is 9.53 Å². The van der Waals surface area contributed by atoms with Gasteiger partial charge in [-0.1, -0.05) is 26.7 Å². The van der Waals surface area contributed by atoms with Gasteiger partial charge in [0.05, 0.1) is 30.0 Å². The first-order valence-corrected chi connectivity index (χ1v) is 10.1. The van der Waals surface area contributed by atoms with E-state index in [1.165, 1.54) is 24.6 Å². The zero-order valence-electron chi connectivity index (χ0n) is 15.0. The average Bonchev–Trinajstić information content (AvgIpc) is 2.59. The van der Waals surface area contributed by atoms with E-state index in [9.17, 15) is 4.79 Å². The fourth-order valence-electron chi connectivity index (χ4n) is 3.71. The lowest BCUT2D eigenvalue weighted by molar-refractivity contribution is -0.0754. The SMILES string of the molecule is CSc1nc(C(C)C)nc(C)c1C(=O)N1CCOC2CCCCC21. The molecule has 6 heteroatoms. The summed E-state index contributed by atoms with van der Waals surface area (Å²) in [6.45, 7) is 7.38. The first-order valence-electron chi connectivity index (χ1n) is 8.88. The zero-order chi connectivity index (χ0) is 17.3. The Morgan fingerprint density at radius 2 is 2.04 bits per heavy atom. The molecule has 5 nitrogen and oxygen atoms in total. The highest BCUT2D eigenvalue weighted by atomic mass is 32.2. The third-order valence-corrected chi connectivity index (χ3v) is 5.67. The number of thioether (sulfide) groups is 1. The van der Waals surface area contributed by atoms with Gasteiger partial charge in [-0.3, -0.25) is 4.79 Å². The van der Waals surface area contributed by atoms with Crippen molar-refractivity contribution in [1.82, 2.24) is 14.9 Å². The predicted octanol–water partition coefficient (Wildman–Crippen LogP) is 3.41. The van der Waals surface area contributed by atoms with Crippen LogP contribution in [0.1, 0.15) is 67.3 Å². The van der Waals surface area contributed by atoms with Gasteiger partial charge in [0.15, 0.2) is 0 Å². The summed E-state index contributed by atoms with van der Waals surface area (Å²) in [5.41, 5.74) is 1.47. The minimum Gasteiger partial charge on any atom is -0.374 e. The van der Waals surface area contributed by atoms with Gasteiger partial charge < -0.3 is 9.64 Å². The molecule has 2 atom stereocenters. The van der Waals surface area contributed by atoms with Gasteiger partial charge in [0.25, 0.3) is 5.91 Å². The van der Waals surface area contributed by atoms with Crippen LogP contribution in [0.25, 0.3) is 0 Å². The average molecular weight is 350 g/mol. The Hall–Kier alpha value is -1.14. The van der Waals surface area contributed by atoms with Crippen molar-refractivity contribution in [2.45, 2.75) is 69.5 Å². The van der Waals surface area contributed by atoms with Gasteiger partial charge in [-0.05, 0) is 26.0 Å². The molecule has 1 saturated carbocycles. The molecular formula is C18H27N3O2S. The van der Waals surface area contributed by atoms with Gasteiger partial charge in [-0.15, -0.1) is 11.8 Å². The molecule has 0 spiro atoms. The Balaban J connectivity index is 1.94. The van der Waals surface area contributed by atoms with Crippen molar-refractivity contribution in [3.05, 3.63) is 17.1 Å². The second-order valence-electron chi connectivity index (χ2n) is 6.97. The minimum absolute atomic E-state index is 0.0763. The molecule has 0 aromatic carbocycles. The largest absolute Gasteiger partial charge is 0.374 e. The second-order valence-corrected chi connectivity index (χ2v) is 7.76. The molecule has 2 unspecified atom stereocenters. The molecule has 2 fully saturated rings. The van der Waals surface area contributed by atoms with Gasteiger partial charge in [-0.2, -0.15) is 0 Å². The highest BCUT2D eigenvalue weighted by molar-refractivity contribution is 7.98. The van der Waals surface area contributed by atoms with Crippen molar-refractivity contribution >= 4 is 17.7 Å². The smallest absolute Gasteiger partial charge is 0.258 e. The van der Waals surface area contributed by atoms with Crippen LogP contribution in [-0.4, -0.2) is 52.3 Å². The van der Waals surface area contributed by atoms with E-state index in [0.717, 1.165) is 29.4 Å². The lowest BCUT2D eigenvalue weighted by atomic mass is 9.89. The van der Waals surface area contributed by atoms with Crippen LogP contribution in [-0.2, 0) is 4.74 Å². The lowest BCUT2D eigenvalue weighted by Crippen LogP contribution is -2.55. The van der Waals surface area contributed by atoms with Crippen LogP contribution in [0.5, 0.6) is 0 Å². The molecule has 3 rings (SSSR count). The first kappa shape index (κ1) is 17.7. The Labute approximate surface area is 148 Å². The van der Waals surface area contributed by atoms with Gasteiger partial charge >= 0.3 is 0 Å². The summed E-state index contributed by atoms with van der Waals surface area (Å²) >= 11 is 1.53. The summed E-state index contributed by atoms with van der Waals surface area (Å²) in [5, 5.41) is 0.801. The summed E-state index contributed by atoms with van der Waals surface area (Å²) in [4.78, 5) is 24.6. The fraction of sp³-hybridized carbons (Fsp3) is 0.722. The molecule has 0 N–H and O–H groups in total. The van der Waals surface area contributed by atoms with E-state index in [-0.39, 0.29) is 24.0 Å². The number of hydrogen-bond acceptors (Lipinski definition) is 5. The molecule has 0 radical (unpaired) electrons. The number of aromatic nitrogens is 2. The maximum absolute atomic E-state index is 13.3. The monoisotopic (exact) mass is 349 g/mol. The molecule has 2 heterocycles. The van der Waals surface area contributed by atoms with E-state index in [2.05, 4.69) is 23.8 Å². The van der Waals surface area contributed by atoms with Gasteiger partial charge in [0.2, 0.25) is 0 Å². The Bertz CT molecular complexity index is 619. The number of rotatable bonds is 3. The van der Waals surface area contributed by atoms with E-state index in [1.54, 1.807) is 0 Å². The number of fused-ring (bicyclic) bond motifs is 1. The van der Waals surface area contributed by atoms with Crippen molar-refractivity contribution in [2.24, 2.45) is 0 Å². The third kappa shape index (κ3) is 3.31. The van der Waals surface area contributed by atoms with Crippen LogP contribution in [0.3, 0.4) is 0 Å². The van der Waals surface area contributed by atoms with Gasteiger partial charge in [0, 0.05) is 12.5 Å². The Kier molecular flexibility index (Phi) is 5.45. The topological polar surface area (TPSA) is 55.3 Å². The maximum atomic E-state index is 13.3. The predicted molar refractivity (Wildman–Crippen MR) is 95.7 cm³/mol. The number of aryl methyl sites for hydroxylation is 1. The number of morpholine rings is 1. The lowest BCUT2D eigenvalue weighted by Gasteiger charge is -2.44. The van der Waals surface area contributed by atoms with E-state index >= 15 is 0 Å². The van der Waals surface area contributed by atoms with Crippen LogP contribution < -0.4 is 0 Å². The molecule has 1 aromatic rings. The summed E-state index contributed by atoms with van der Waals surface area (Å²) in [6.07, 6.45) is 6.65.